The van der Waals surface area contributed by atoms with E-state index in [0.29, 0.717) is 17.9 Å². The average molecular weight is 421 g/mol. The Morgan fingerprint density at radius 1 is 1.48 bits per heavy atom. The number of carbonyl (C=O) groups excluding carboxylic acids is 2. The molecular weight excluding hydrogens is 398 g/mol. The zero-order chi connectivity index (χ0) is 21.0. The third-order valence-corrected chi connectivity index (χ3v) is 6.61. The van der Waals surface area contributed by atoms with Crippen LogP contribution in [0.2, 0.25) is 0 Å². The van der Waals surface area contributed by atoms with E-state index < -0.39 is 27.9 Å². The fourth-order valence-electron chi connectivity index (χ4n) is 3.56. The van der Waals surface area contributed by atoms with Crippen LogP contribution in [0.4, 0.5) is 4.79 Å². The minimum atomic E-state index is -3.13. The van der Waals surface area contributed by atoms with Gasteiger partial charge in [0, 0.05) is 18.3 Å². The molecule has 1 fully saturated rings. The second-order valence-electron chi connectivity index (χ2n) is 6.83. The second kappa shape index (κ2) is 8.71. The molecule has 2 atom stereocenters. The van der Waals surface area contributed by atoms with Crippen molar-refractivity contribution in [3.8, 4) is 12.3 Å². The summed E-state index contributed by atoms with van der Waals surface area (Å²) < 4.78 is 34.4. The number of nitrogens with zero attached hydrogens (tertiary/aromatic N) is 1. The number of ether oxygens (including phenoxy) is 1. The minimum Gasteiger partial charge on any atom is -0.467 e. The Kier molecular flexibility index (Phi) is 6.30. The number of furan rings is 1. The van der Waals surface area contributed by atoms with E-state index in [2.05, 4.69) is 16.6 Å². The van der Waals surface area contributed by atoms with Crippen molar-refractivity contribution in [1.29, 1.82) is 0 Å². The van der Waals surface area contributed by atoms with Gasteiger partial charge in [-0.25, -0.2) is 18.0 Å². The number of hydrogen-bond donors (Lipinski definition) is 2. The largest absolute Gasteiger partial charge is 0.467 e. The molecule has 1 saturated heterocycles. The predicted molar refractivity (Wildman–Crippen MR) is 104 cm³/mol. The highest BCUT2D eigenvalue weighted by Crippen LogP contribution is 2.29. The fourth-order valence-corrected chi connectivity index (χ4v) is 5.32. The standard InChI is InChI=1S/C19H23N3O6S/c1-3-8-22(13-7-10-29(25,26)12-13)11-14-16(18(23)27-4-2)17(21-19(24)20-14)15-6-5-9-28-15/h1,5-6,9,13,17H,4,7-8,10-12H2,2H3,(H2,20,21,24). The number of sulfone groups is 1. The average Bonchev–Trinajstić information content (AvgIpc) is 3.30. The molecule has 2 unspecified atom stereocenters. The van der Waals surface area contributed by atoms with Gasteiger partial charge in [0.15, 0.2) is 9.84 Å². The molecule has 29 heavy (non-hydrogen) atoms. The number of carbonyl (C=O) groups is 2. The molecule has 1 aromatic heterocycles. The van der Waals surface area contributed by atoms with E-state index in [1.54, 1.807) is 24.0 Å². The first-order valence-electron chi connectivity index (χ1n) is 9.23. The van der Waals surface area contributed by atoms with Crippen molar-refractivity contribution in [2.24, 2.45) is 0 Å². The lowest BCUT2D eigenvalue weighted by atomic mass is 9.99. The molecule has 9 nitrogen and oxygen atoms in total. The Balaban J connectivity index is 1.98. The van der Waals surface area contributed by atoms with Crippen LogP contribution in [0, 0.1) is 12.3 Å². The van der Waals surface area contributed by atoms with Gasteiger partial charge in [-0.15, -0.1) is 6.42 Å². The van der Waals surface area contributed by atoms with Crippen LogP contribution in [0.5, 0.6) is 0 Å². The summed E-state index contributed by atoms with van der Waals surface area (Å²) in [5.74, 6) is 2.39. The van der Waals surface area contributed by atoms with E-state index in [4.69, 9.17) is 15.6 Å². The number of hydrogen-bond acceptors (Lipinski definition) is 7. The van der Waals surface area contributed by atoms with Gasteiger partial charge >= 0.3 is 12.0 Å². The van der Waals surface area contributed by atoms with Crippen LogP contribution >= 0.6 is 0 Å². The molecule has 2 aliphatic heterocycles. The van der Waals surface area contributed by atoms with Crippen LogP contribution in [-0.4, -0.2) is 62.6 Å². The Bertz CT molecular complexity index is 945. The summed E-state index contributed by atoms with van der Waals surface area (Å²) in [6.07, 6.45) is 7.37. The maximum Gasteiger partial charge on any atom is 0.338 e. The van der Waals surface area contributed by atoms with Gasteiger partial charge in [-0.1, -0.05) is 5.92 Å². The summed E-state index contributed by atoms with van der Waals surface area (Å²) in [6, 6.07) is 1.68. The maximum atomic E-state index is 12.7. The zero-order valence-electron chi connectivity index (χ0n) is 16.0. The first kappa shape index (κ1) is 21.0. The molecule has 2 N–H and O–H groups in total. The molecule has 0 bridgehead atoms. The molecule has 1 aromatic rings. The van der Waals surface area contributed by atoms with Gasteiger partial charge in [0.1, 0.15) is 11.8 Å². The lowest BCUT2D eigenvalue weighted by molar-refractivity contribution is -0.139. The maximum absolute atomic E-state index is 12.7. The minimum absolute atomic E-state index is 0.00942. The van der Waals surface area contributed by atoms with Crippen molar-refractivity contribution in [2.45, 2.75) is 25.4 Å². The molecular formula is C19H23N3O6S. The molecule has 0 aliphatic carbocycles. The lowest BCUT2D eigenvalue weighted by Crippen LogP contribution is -2.49. The van der Waals surface area contributed by atoms with Crippen LogP contribution in [0.25, 0.3) is 0 Å². The third-order valence-electron chi connectivity index (χ3n) is 4.86. The molecule has 0 saturated carbocycles. The first-order valence-corrected chi connectivity index (χ1v) is 11.1. The van der Waals surface area contributed by atoms with Gasteiger partial charge in [0.2, 0.25) is 0 Å². The second-order valence-corrected chi connectivity index (χ2v) is 9.05. The summed E-state index contributed by atoms with van der Waals surface area (Å²) in [6.45, 7) is 2.12. The molecule has 2 amide bonds. The normalized spacial score (nSPS) is 23.4. The Hall–Kier alpha value is -2.77. The van der Waals surface area contributed by atoms with Gasteiger partial charge in [-0.05, 0) is 25.5 Å². The summed E-state index contributed by atoms with van der Waals surface area (Å²) >= 11 is 0. The number of amides is 2. The molecule has 2 aliphatic rings. The Labute approximate surface area is 169 Å². The highest BCUT2D eigenvalue weighted by Gasteiger charge is 2.38. The highest BCUT2D eigenvalue weighted by atomic mass is 32.2. The molecule has 0 aromatic carbocycles. The summed E-state index contributed by atoms with van der Waals surface area (Å²) in [5, 5.41) is 5.33. The zero-order valence-corrected chi connectivity index (χ0v) is 16.8. The van der Waals surface area contributed by atoms with Crippen molar-refractivity contribution in [3.63, 3.8) is 0 Å². The SMILES string of the molecule is C#CCN(CC1=C(C(=O)OCC)C(c2ccco2)NC(=O)N1)C1CCS(=O)(=O)C1. The van der Waals surface area contributed by atoms with Crippen molar-refractivity contribution in [3.05, 3.63) is 35.4 Å². The summed E-state index contributed by atoms with van der Waals surface area (Å²) in [5.41, 5.74) is 0.512. The molecule has 0 spiro atoms. The molecule has 3 rings (SSSR count). The summed E-state index contributed by atoms with van der Waals surface area (Å²) in [4.78, 5) is 26.8. The van der Waals surface area contributed by atoms with Crippen molar-refractivity contribution < 1.29 is 27.2 Å². The number of rotatable bonds is 7. The first-order chi connectivity index (χ1) is 13.8. The summed E-state index contributed by atoms with van der Waals surface area (Å²) in [7, 11) is -3.13. The van der Waals surface area contributed by atoms with Crippen LogP contribution < -0.4 is 10.6 Å². The van der Waals surface area contributed by atoms with Crippen molar-refractivity contribution in [1.82, 2.24) is 15.5 Å². The van der Waals surface area contributed by atoms with E-state index in [1.165, 1.54) is 6.26 Å². The number of terminal acetylenes is 1. The Morgan fingerprint density at radius 2 is 2.28 bits per heavy atom. The lowest BCUT2D eigenvalue weighted by Gasteiger charge is -2.32. The van der Waals surface area contributed by atoms with Gasteiger partial charge < -0.3 is 19.8 Å². The predicted octanol–water partition coefficient (Wildman–Crippen LogP) is 0.573. The highest BCUT2D eigenvalue weighted by molar-refractivity contribution is 7.91. The van der Waals surface area contributed by atoms with Crippen LogP contribution in [0.1, 0.15) is 25.1 Å². The number of urea groups is 1. The van der Waals surface area contributed by atoms with E-state index in [9.17, 15) is 18.0 Å². The fraction of sp³-hybridized carbons (Fsp3) is 0.474. The van der Waals surface area contributed by atoms with Crippen molar-refractivity contribution in [2.75, 3.05) is 31.2 Å². The van der Waals surface area contributed by atoms with E-state index in [1.807, 2.05) is 0 Å². The molecule has 156 valence electrons. The molecule has 3 heterocycles. The smallest absolute Gasteiger partial charge is 0.338 e. The quantitative estimate of drug-likeness (QED) is 0.488. The monoisotopic (exact) mass is 421 g/mol. The van der Waals surface area contributed by atoms with Gasteiger partial charge in [0.25, 0.3) is 0 Å². The van der Waals surface area contributed by atoms with Gasteiger partial charge in [0.05, 0.1) is 36.5 Å². The third kappa shape index (κ3) is 4.81. The van der Waals surface area contributed by atoms with Crippen LogP contribution in [0.15, 0.2) is 34.1 Å². The van der Waals surface area contributed by atoms with Gasteiger partial charge in [-0.3, -0.25) is 4.90 Å². The molecule has 10 heteroatoms. The number of esters is 1. The van der Waals surface area contributed by atoms with Gasteiger partial charge in [-0.2, -0.15) is 0 Å². The molecule has 0 radical (unpaired) electrons. The van der Waals surface area contributed by atoms with E-state index in [-0.39, 0.29) is 42.8 Å². The Morgan fingerprint density at radius 3 is 2.86 bits per heavy atom. The topological polar surface area (TPSA) is 118 Å². The van der Waals surface area contributed by atoms with Crippen LogP contribution in [-0.2, 0) is 19.4 Å². The van der Waals surface area contributed by atoms with Crippen molar-refractivity contribution >= 4 is 21.8 Å². The number of nitrogens with one attached hydrogen (secondary N) is 2. The van der Waals surface area contributed by atoms with Crippen LogP contribution in [0.3, 0.4) is 0 Å². The van der Waals surface area contributed by atoms with E-state index in [0.717, 1.165) is 0 Å². The van der Waals surface area contributed by atoms with E-state index >= 15 is 0 Å².